The van der Waals surface area contributed by atoms with Gasteiger partial charge in [0, 0.05) is 36.7 Å². The molecule has 0 atom stereocenters. The van der Waals surface area contributed by atoms with Gasteiger partial charge in [-0.2, -0.15) is 4.31 Å². The second-order valence-corrected chi connectivity index (χ2v) is 9.91. The van der Waals surface area contributed by atoms with Gasteiger partial charge >= 0.3 is 0 Å². The van der Waals surface area contributed by atoms with E-state index in [4.69, 9.17) is 0 Å². The Morgan fingerprint density at radius 1 is 1.32 bits per heavy atom. The average molecular weight is 412 g/mol. The first-order valence-electron chi connectivity index (χ1n) is 9.55. The largest absolute Gasteiger partial charge is 0.351 e. The Kier molecular flexibility index (Phi) is 6.82. The molecule has 0 aromatic heterocycles. The summed E-state index contributed by atoms with van der Waals surface area (Å²) in [6.07, 6.45) is 2.70. The summed E-state index contributed by atoms with van der Waals surface area (Å²) in [7, 11) is -3.84. The van der Waals surface area contributed by atoms with Crippen LogP contribution in [-0.4, -0.2) is 42.2 Å². The van der Waals surface area contributed by atoms with Crippen molar-refractivity contribution in [2.45, 2.75) is 63.8 Å². The van der Waals surface area contributed by atoms with Gasteiger partial charge in [0.05, 0.1) is 9.82 Å². The van der Waals surface area contributed by atoms with Gasteiger partial charge in [-0.3, -0.25) is 14.9 Å². The summed E-state index contributed by atoms with van der Waals surface area (Å²) >= 11 is 0. The van der Waals surface area contributed by atoms with Crippen LogP contribution in [0.15, 0.2) is 23.1 Å². The normalized spacial score (nSPS) is 16.7. The maximum atomic E-state index is 13.0. The minimum absolute atomic E-state index is 0.0398. The highest BCUT2D eigenvalue weighted by atomic mass is 32.2. The number of benzene rings is 1. The Hall–Kier alpha value is -2.00. The molecule has 1 heterocycles. The van der Waals surface area contributed by atoms with E-state index in [9.17, 15) is 23.3 Å². The molecule has 0 radical (unpaired) electrons. The summed E-state index contributed by atoms with van der Waals surface area (Å²) in [5.74, 6) is -0.268. The molecular formula is C19H29N3O5S. The van der Waals surface area contributed by atoms with Gasteiger partial charge in [-0.25, -0.2) is 8.42 Å². The molecule has 1 N–H and O–H groups in total. The van der Waals surface area contributed by atoms with Gasteiger partial charge in [-0.05, 0) is 45.6 Å². The highest BCUT2D eigenvalue weighted by molar-refractivity contribution is 7.89. The van der Waals surface area contributed by atoms with Gasteiger partial charge in [0.1, 0.15) is 0 Å². The number of amides is 1. The molecule has 9 heteroatoms. The number of nitro benzene ring substituents is 1. The third kappa shape index (κ3) is 5.08. The van der Waals surface area contributed by atoms with Crippen LogP contribution in [0.2, 0.25) is 0 Å². The van der Waals surface area contributed by atoms with Crippen molar-refractivity contribution >= 4 is 21.6 Å². The van der Waals surface area contributed by atoms with E-state index < -0.39 is 14.9 Å². The lowest BCUT2D eigenvalue weighted by molar-refractivity contribution is -0.385. The Morgan fingerprint density at radius 2 is 1.93 bits per heavy atom. The Balaban J connectivity index is 2.09. The van der Waals surface area contributed by atoms with Crippen molar-refractivity contribution in [1.29, 1.82) is 0 Å². The molecule has 0 saturated carbocycles. The molecule has 1 aliphatic heterocycles. The molecule has 0 spiro atoms. The third-order valence-electron chi connectivity index (χ3n) is 5.16. The number of piperidine rings is 1. The number of nitro groups is 1. The van der Waals surface area contributed by atoms with Crippen molar-refractivity contribution < 1.29 is 18.1 Å². The number of sulfonamides is 1. The minimum atomic E-state index is -3.84. The van der Waals surface area contributed by atoms with Crippen LogP contribution in [-0.2, 0) is 14.8 Å². The maximum Gasteiger partial charge on any atom is 0.270 e. The predicted octanol–water partition coefficient (Wildman–Crippen LogP) is 3.00. The van der Waals surface area contributed by atoms with E-state index in [0.29, 0.717) is 18.4 Å². The first kappa shape index (κ1) is 22.3. The molecule has 1 saturated heterocycles. The Morgan fingerprint density at radius 3 is 2.46 bits per heavy atom. The number of nitrogens with zero attached hydrogens (tertiary/aromatic N) is 2. The van der Waals surface area contributed by atoms with Gasteiger partial charge in [0.25, 0.3) is 5.69 Å². The van der Waals surface area contributed by atoms with Gasteiger partial charge in [-0.1, -0.05) is 19.4 Å². The molecule has 156 valence electrons. The summed E-state index contributed by atoms with van der Waals surface area (Å²) in [5, 5.41) is 14.1. The van der Waals surface area contributed by atoms with Gasteiger partial charge in [0.2, 0.25) is 15.9 Å². The van der Waals surface area contributed by atoms with E-state index in [1.54, 1.807) is 6.92 Å². The molecule has 2 rings (SSSR count). The number of hydrogen-bond acceptors (Lipinski definition) is 5. The Bertz CT molecular complexity index is 843. The number of carbonyl (C=O) groups excluding carboxylic acids is 1. The monoisotopic (exact) mass is 411 g/mol. The summed E-state index contributed by atoms with van der Waals surface area (Å²) in [6.45, 7) is 8.09. The van der Waals surface area contributed by atoms with E-state index >= 15 is 0 Å². The minimum Gasteiger partial charge on any atom is -0.351 e. The van der Waals surface area contributed by atoms with E-state index in [0.717, 1.165) is 18.9 Å². The lowest BCUT2D eigenvalue weighted by Gasteiger charge is -2.33. The number of carbonyl (C=O) groups is 1. The second kappa shape index (κ2) is 8.57. The van der Waals surface area contributed by atoms with Gasteiger partial charge in [-0.15, -0.1) is 0 Å². The standard InChI is InChI=1S/C19H29N3O5S/c1-5-10-19(3,4)20-18(23)15-8-11-21(12-9-15)28(26,27)17-13-16(22(24)25)7-6-14(17)2/h6-7,13,15H,5,8-12H2,1-4H3,(H,20,23). The maximum absolute atomic E-state index is 13.0. The summed E-state index contributed by atoms with van der Waals surface area (Å²) in [5.41, 5.74) is -0.0712. The molecule has 0 unspecified atom stereocenters. The second-order valence-electron chi connectivity index (χ2n) is 8.01. The van der Waals surface area contributed by atoms with Crippen LogP contribution in [0.3, 0.4) is 0 Å². The number of nitrogens with one attached hydrogen (secondary N) is 1. The molecule has 1 amide bonds. The fourth-order valence-electron chi connectivity index (χ4n) is 3.60. The number of hydrogen-bond donors (Lipinski definition) is 1. The summed E-state index contributed by atoms with van der Waals surface area (Å²) in [6, 6.07) is 3.85. The molecule has 8 nitrogen and oxygen atoms in total. The molecule has 1 aromatic rings. The van der Waals surface area contributed by atoms with Crippen LogP contribution in [0.4, 0.5) is 5.69 Å². The van der Waals surface area contributed by atoms with E-state index in [-0.39, 0.29) is 41.0 Å². The molecule has 28 heavy (non-hydrogen) atoms. The zero-order chi connectivity index (χ0) is 21.1. The Labute approximate surface area is 166 Å². The number of non-ortho nitro benzene ring substituents is 1. The fraction of sp³-hybridized carbons (Fsp3) is 0.632. The van der Waals surface area contributed by atoms with Crippen LogP contribution in [0, 0.1) is 23.0 Å². The van der Waals surface area contributed by atoms with Crippen molar-refractivity contribution in [2.75, 3.05) is 13.1 Å². The van der Waals surface area contributed by atoms with Crippen LogP contribution < -0.4 is 5.32 Å². The predicted molar refractivity (Wildman–Crippen MR) is 106 cm³/mol. The lowest BCUT2D eigenvalue weighted by atomic mass is 9.93. The highest BCUT2D eigenvalue weighted by Crippen LogP contribution is 2.28. The van der Waals surface area contributed by atoms with Crippen molar-refractivity contribution in [3.05, 3.63) is 33.9 Å². The van der Waals surface area contributed by atoms with Crippen LogP contribution in [0.1, 0.15) is 52.0 Å². The molecule has 1 aliphatic rings. The zero-order valence-corrected chi connectivity index (χ0v) is 17.7. The molecular weight excluding hydrogens is 382 g/mol. The third-order valence-corrected chi connectivity index (χ3v) is 7.20. The first-order chi connectivity index (χ1) is 13.0. The van der Waals surface area contributed by atoms with Crippen molar-refractivity contribution in [3.8, 4) is 0 Å². The van der Waals surface area contributed by atoms with Crippen LogP contribution in [0.25, 0.3) is 0 Å². The van der Waals surface area contributed by atoms with Gasteiger partial charge < -0.3 is 5.32 Å². The SMILES string of the molecule is CCCC(C)(C)NC(=O)C1CCN(S(=O)(=O)c2cc([N+](=O)[O-])ccc2C)CC1. The van der Waals surface area contributed by atoms with E-state index in [2.05, 4.69) is 12.2 Å². The average Bonchev–Trinajstić information content (AvgIpc) is 2.61. The highest BCUT2D eigenvalue weighted by Gasteiger charge is 2.34. The van der Waals surface area contributed by atoms with Crippen molar-refractivity contribution in [1.82, 2.24) is 9.62 Å². The summed E-state index contributed by atoms with van der Waals surface area (Å²) in [4.78, 5) is 22.9. The number of aryl methyl sites for hydroxylation is 1. The zero-order valence-electron chi connectivity index (χ0n) is 16.9. The molecule has 0 bridgehead atoms. The smallest absolute Gasteiger partial charge is 0.270 e. The van der Waals surface area contributed by atoms with E-state index in [1.165, 1.54) is 16.4 Å². The number of rotatable bonds is 7. The first-order valence-corrected chi connectivity index (χ1v) is 11.0. The van der Waals surface area contributed by atoms with E-state index in [1.807, 2.05) is 13.8 Å². The van der Waals surface area contributed by atoms with Crippen molar-refractivity contribution in [2.24, 2.45) is 5.92 Å². The molecule has 0 aliphatic carbocycles. The summed E-state index contributed by atoms with van der Waals surface area (Å²) < 4.78 is 27.3. The fourth-order valence-corrected chi connectivity index (χ4v) is 5.32. The van der Waals surface area contributed by atoms with Crippen LogP contribution in [0.5, 0.6) is 0 Å². The molecule has 1 fully saturated rings. The van der Waals surface area contributed by atoms with Gasteiger partial charge in [0.15, 0.2) is 0 Å². The van der Waals surface area contributed by atoms with Crippen LogP contribution >= 0.6 is 0 Å². The lowest BCUT2D eigenvalue weighted by Crippen LogP contribution is -2.49. The van der Waals surface area contributed by atoms with Crippen molar-refractivity contribution in [3.63, 3.8) is 0 Å². The topological polar surface area (TPSA) is 110 Å². The molecule has 1 aromatic carbocycles. The quantitative estimate of drug-likeness (QED) is 0.548.